The summed E-state index contributed by atoms with van der Waals surface area (Å²) in [6.07, 6.45) is 3.68. The number of anilines is 3. The monoisotopic (exact) mass is 421 g/mol. The second-order valence-corrected chi connectivity index (χ2v) is 7.57. The van der Waals surface area contributed by atoms with E-state index in [1.165, 1.54) is 0 Å². The molecule has 10 nitrogen and oxygen atoms in total. The molecule has 1 amide bonds. The van der Waals surface area contributed by atoms with Crippen molar-refractivity contribution in [1.29, 1.82) is 0 Å². The van der Waals surface area contributed by atoms with Gasteiger partial charge in [0.05, 0.1) is 0 Å². The van der Waals surface area contributed by atoms with Crippen molar-refractivity contribution in [2.75, 3.05) is 42.4 Å². The predicted octanol–water partition coefficient (Wildman–Crippen LogP) is 2.34. The Morgan fingerprint density at radius 2 is 2.23 bits per heavy atom. The van der Waals surface area contributed by atoms with E-state index >= 15 is 0 Å². The Balaban J connectivity index is 1.53. The van der Waals surface area contributed by atoms with Gasteiger partial charge < -0.3 is 24.3 Å². The molecule has 2 aliphatic rings. The van der Waals surface area contributed by atoms with Crippen molar-refractivity contribution < 1.29 is 13.9 Å². The number of hydrogen-bond donors (Lipinski definition) is 1. The van der Waals surface area contributed by atoms with E-state index < -0.39 is 0 Å². The van der Waals surface area contributed by atoms with Crippen LogP contribution in [0.15, 0.2) is 34.9 Å². The molecule has 1 unspecified atom stereocenters. The first-order chi connectivity index (χ1) is 15.2. The van der Waals surface area contributed by atoms with Gasteiger partial charge in [0.15, 0.2) is 0 Å². The van der Waals surface area contributed by atoms with Crippen molar-refractivity contribution in [1.82, 2.24) is 20.2 Å². The third-order valence-corrected chi connectivity index (χ3v) is 5.65. The maximum absolute atomic E-state index is 13.5. The molecule has 0 bridgehead atoms. The maximum atomic E-state index is 13.5. The fourth-order valence-electron chi connectivity index (χ4n) is 4.19. The minimum Gasteiger partial charge on any atom is -0.418 e. The molecule has 10 heteroatoms. The normalized spacial score (nSPS) is 18.0. The molecule has 1 fully saturated rings. The lowest BCUT2D eigenvalue weighted by Gasteiger charge is -2.27. The van der Waals surface area contributed by atoms with E-state index in [0.29, 0.717) is 35.7 Å². The smallest absolute Gasteiger partial charge is 0.263 e. The van der Waals surface area contributed by atoms with E-state index in [9.17, 15) is 4.79 Å². The lowest BCUT2D eigenvalue weighted by atomic mass is 10.1. The van der Waals surface area contributed by atoms with Crippen molar-refractivity contribution in [2.45, 2.75) is 25.5 Å². The van der Waals surface area contributed by atoms with Gasteiger partial charge in [-0.2, -0.15) is 4.98 Å². The van der Waals surface area contributed by atoms with Crippen LogP contribution >= 0.6 is 0 Å². The highest BCUT2D eigenvalue weighted by Gasteiger charge is 2.37. The summed E-state index contributed by atoms with van der Waals surface area (Å²) in [5.41, 5.74) is 2.02. The largest absolute Gasteiger partial charge is 0.418 e. The lowest BCUT2D eigenvalue weighted by molar-refractivity contribution is 0.0988. The fraction of sp³-hybridized carbons (Fsp3) is 0.381. The van der Waals surface area contributed by atoms with E-state index in [4.69, 9.17) is 9.15 Å². The average molecular weight is 421 g/mol. The summed E-state index contributed by atoms with van der Waals surface area (Å²) < 4.78 is 10.7. The van der Waals surface area contributed by atoms with Gasteiger partial charge in [-0.1, -0.05) is 6.07 Å². The number of nitrogens with zero attached hydrogens (tertiary/aromatic N) is 6. The third kappa shape index (κ3) is 3.48. The van der Waals surface area contributed by atoms with Crippen LogP contribution in [0.25, 0.3) is 11.5 Å². The number of methoxy groups -OCH3 is 1. The SMILES string of the molecule is CNc1ncc2c(n1)N1CCCC1CN(c1cccc(-c3nnc(COC)o3)c1)C2=O. The molecule has 4 heterocycles. The van der Waals surface area contributed by atoms with Crippen LogP contribution in [-0.4, -0.2) is 59.4 Å². The van der Waals surface area contributed by atoms with Crippen LogP contribution < -0.4 is 15.1 Å². The van der Waals surface area contributed by atoms with Crippen molar-refractivity contribution in [3.63, 3.8) is 0 Å². The summed E-state index contributed by atoms with van der Waals surface area (Å²) in [6, 6.07) is 7.78. The van der Waals surface area contributed by atoms with Crippen LogP contribution in [0.2, 0.25) is 0 Å². The number of benzene rings is 1. The Morgan fingerprint density at radius 1 is 1.32 bits per heavy atom. The molecular weight excluding hydrogens is 398 g/mol. The Hall–Kier alpha value is -3.53. The van der Waals surface area contributed by atoms with Crippen LogP contribution in [0.5, 0.6) is 0 Å². The molecular formula is C21H23N7O3. The highest BCUT2D eigenvalue weighted by molar-refractivity contribution is 6.10. The number of fused-ring (bicyclic) bond motifs is 3. The van der Waals surface area contributed by atoms with E-state index in [1.54, 1.807) is 25.3 Å². The standard InChI is InChI=1S/C21H23N7O3/c1-22-21-23-10-16-18(24-21)27-8-4-7-15(27)11-28(20(16)29)14-6-3-5-13(9-14)19-26-25-17(31-19)12-30-2/h3,5-6,9-10,15H,4,7-8,11-12H2,1-2H3,(H,22,23,24). The molecule has 2 aliphatic heterocycles. The van der Waals surface area contributed by atoms with E-state index in [-0.39, 0.29) is 18.6 Å². The maximum Gasteiger partial charge on any atom is 0.263 e. The summed E-state index contributed by atoms with van der Waals surface area (Å²) in [7, 11) is 3.35. The van der Waals surface area contributed by atoms with Crippen LogP contribution in [0.3, 0.4) is 0 Å². The Labute approximate surface area is 179 Å². The van der Waals surface area contributed by atoms with E-state index in [2.05, 4.69) is 30.4 Å². The highest BCUT2D eigenvalue weighted by Crippen LogP contribution is 2.35. The number of hydrogen-bond acceptors (Lipinski definition) is 9. The van der Waals surface area contributed by atoms with Gasteiger partial charge in [0.1, 0.15) is 18.0 Å². The molecule has 0 saturated carbocycles. The first-order valence-electron chi connectivity index (χ1n) is 10.2. The fourth-order valence-corrected chi connectivity index (χ4v) is 4.19. The highest BCUT2D eigenvalue weighted by atomic mass is 16.5. The second-order valence-electron chi connectivity index (χ2n) is 7.57. The molecule has 1 N–H and O–H groups in total. The number of aromatic nitrogens is 4. The van der Waals surface area contributed by atoms with Gasteiger partial charge in [-0.25, -0.2) is 4.98 Å². The molecule has 3 aromatic rings. The molecule has 5 rings (SSSR count). The summed E-state index contributed by atoms with van der Waals surface area (Å²) >= 11 is 0. The van der Waals surface area contributed by atoms with Crippen molar-refractivity contribution >= 4 is 23.4 Å². The molecule has 31 heavy (non-hydrogen) atoms. The zero-order valence-corrected chi connectivity index (χ0v) is 17.4. The number of rotatable bonds is 5. The first kappa shape index (κ1) is 19.4. The van der Waals surface area contributed by atoms with Gasteiger partial charge in [0, 0.05) is 50.7 Å². The van der Waals surface area contributed by atoms with Crippen molar-refractivity contribution in [2.24, 2.45) is 0 Å². The molecule has 0 radical (unpaired) electrons. The van der Waals surface area contributed by atoms with E-state index in [0.717, 1.165) is 30.6 Å². The van der Waals surface area contributed by atoms with Gasteiger partial charge in [0.2, 0.25) is 17.7 Å². The summed E-state index contributed by atoms with van der Waals surface area (Å²) in [6.45, 7) is 1.70. The molecule has 160 valence electrons. The Kier molecular flexibility index (Phi) is 4.99. The molecule has 0 aliphatic carbocycles. The van der Waals surface area contributed by atoms with E-state index in [1.807, 2.05) is 24.3 Å². The topological polar surface area (TPSA) is 110 Å². The summed E-state index contributed by atoms with van der Waals surface area (Å²) in [4.78, 5) is 26.5. The van der Waals surface area contributed by atoms with Gasteiger partial charge in [-0.15, -0.1) is 10.2 Å². The third-order valence-electron chi connectivity index (χ3n) is 5.65. The Morgan fingerprint density at radius 3 is 3.06 bits per heavy atom. The number of nitrogens with one attached hydrogen (secondary N) is 1. The van der Waals surface area contributed by atoms with Crippen LogP contribution in [-0.2, 0) is 11.3 Å². The quantitative estimate of drug-likeness (QED) is 0.664. The summed E-state index contributed by atoms with van der Waals surface area (Å²) in [5, 5.41) is 11.1. The molecule has 2 aromatic heterocycles. The van der Waals surface area contributed by atoms with Gasteiger partial charge in [-0.3, -0.25) is 4.79 Å². The van der Waals surface area contributed by atoms with Crippen LogP contribution in [0.1, 0.15) is 29.1 Å². The molecule has 1 aromatic carbocycles. The van der Waals surface area contributed by atoms with Crippen LogP contribution in [0, 0.1) is 0 Å². The van der Waals surface area contributed by atoms with Gasteiger partial charge >= 0.3 is 0 Å². The zero-order valence-electron chi connectivity index (χ0n) is 17.4. The predicted molar refractivity (Wildman–Crippen MR) is 114 cm³/mol. The number of ether oxygens (including phenoxy) is 1. The minimum atomic E-state index is -0.116. The molecule has 1 saturated heterocycles. The minimum absolute atomic E-state index is 0.116. The second kappa shape index (κ2) is 7.95. The van der Waals surface area contributed by atoms with Gasteiger partial charge in [0.25, 0.3) is 5.91 Å². The number of carbonyl (C=O) groups excluding carboxylic acids is 1. The van der Waals surface area contributed by atoms with Crippen molar-refractivity contribution in [3.8, 4) is 11.5 Å². The summed E-state index contributed by atoms with van der Waals surface area (Å²) in [5.74, 6) is 1.89. The van der Waals surface area contributed by atoms with Crippen molar-refractivity contribution in [3.05, 3.63) is 41.9 Å². The Bertz CT molecular complexity index is 1120. The first-order valence-corrected chi connectivity index (χ1v) is 10.2. The van der Waals surface area contributed by atoms with Gasteiger partial charge in [-0.05, 0) is 31.0 Å². The number of amides is 1. The lowest BCUT2D eigenvalue weighted by Crippen LogP contribution is -2.39. The molecule has 0 spiro atoms. The van der Waals surface area contributed by atoms with Crippen LogP contribution in [0.4, 0.5) is 17.5 Å². The average Bonchev–Trinajstić information content (AvgIpc) is 3.44. The zero-order chi connectivity index (χ0) is 21.4. The number of carbonyl (C=O) groups is 1. The molecule has 1 atom stereocenters.